The number of likely N-dealkylation sites (tertiary alicyclic amines) is 1. The number of primary amides is 1. The van der Waals surface area contributed by atoms with E-state index in [4.69, 9.17) is 5.73 Å². The van der Waals surface area contributed by atoms with Crippen LogP contribution in [0.1, 0.15) is 39.9 Å². The number of carbonyl (C=O) groups is 2. The molecule has 31 heavy (non-hydrogen) atoms. The van der Waals surface area contributed by atoms with Crippen molar-refractivity contribution in [1.29, 1.82) is 0 Å². The number of nitrogens with zero attached hydrogens (tertiary/aromatic N) is 2. The first-order valence-electron chi connectivity index (χ1n) is 10.3. The standard InChI is InChI=1S/C23H29N3O4S/c1-16-4-9-21(14-17(16)2)26(31(3,29)30)15-18-5-7-20(8-6-18)23(28)25-12-10-19(11-13-25)22(24)27/h4-9,14,19H,10-13,15H2,1-3H3,(H2,24,27). The van der Waals surface area contributed by atoms with Gasteiger partial charge in [0.2, 0.25) is 15.9 Å². The van der Waals surface area contributed by atoms with Gasteiger partial charge in [0.15, 0.2) is 0 Å². The van der Waals surface area contributed by atoms with Crippen LogP contribution in [0.15, 0.2) is 42.5 Å². The lowest BCUT2D eigenvalue weighted by Crippen LogP contribution is -2.41. The van der Waals surface area contributed by atoms with Gasteiger partial charge in [-0.05, 0) is 67.6 Å². The van der Waals surface area contributed by atoms with Crippen LogP contribution in [0.3, 0.4) is 0 Å². The Morgan fingerprint density at radius 1 is 1.03 bits per heavy atom. The zero-order valence-corrected chi connectivity index (χ0v) is 19.0. The van der Waals surface area contributed by atoms with E-state index in [1.165, 1.54) is 10.6 Å². The van der Waals surface area contributed by atoms with Crippen LogP contribution in [-0.4, -0.2) is 44.5 Å². The first-order chi connectivity index (χ1) is 14.6. The number of carbonyl (C=O) groups excluding carboxylic acids is 2. The molecule has 2 aromatic carbocycles. The molecule has 1 aliphatic heterocycles. The molecule has 2 amide bonds. The molecule has 2 aromatic rings. The van der Waals surface area contributed by atoms with Gasteiger partial charge in [0.05, 0.1) is 18.5 Å². The van der Waals surface area contributed by atoms with Crippen molar-refractivity contribution in [2.75, 3.05) is 23.7 Å². The lowest BCUT2D eigenvalue weighted by molar-refractivity contribution is -0.123. The topological polar surface area (TPSA) is 101 Å². The minimum atomic E-state index is -3.48. The van der Waals surface area contributed by atoms with Crippen LogP contribution >= 0.6 is 0 Å². The Kier molecular flexibility index (Phi) is 6.69. The third-order valence-corrected chi connectivity index (χ3v) is 7.03. The molecule has 7 nitrogen and oxygen atoms in total. The maximum atomic E-state index is 12.8. The van der Waals surface area contributed by atoms with Crippen LogP contribution in [0, 0.1) is 19.8 Å². The third kappa shape index (κ3) is 5.44. The number of amides is 2. The van der Waals surface area contributed by atoms with Crippen LogP contribution < -0.4 is 10.0 Å². The highest BCUT2D eigenvalue weighted by Crippen LogP contribution is 2.24. The van der Waals surface area contributed by atoms with Gasteiger partial charge in [-0.15, -0.1) is 0 Å². The van der Waals surface area contributed by atoms with E-state index >= 15 is 0 Å². The Hall–Kier alpha value is -2.87. The predicted octanol–water partition coefficient (Wildman–Crippen LogP) is 2.61. The molecule has 0 bridgehead atoms. The molecule has 0 spiro atoms. The predicted molar refractivity (Wildman–Crippen MR) is 121 cm³/mol. The van der Waals surface area contributed by atoms with E-state index in [-0.39, 0.29) is 24.3 Å². The minimum Gasteiger partial charge on any atom is -0.369 e. The summed E-state index contributed by atoms with van der Waals surface area (Å²) in [5.41, 5.74) is 9.41. The summed E-state index contributed by atoms with van der Waals surface area (Å²) in [6.45, 7) is 5.12. The maximum absolute atomic E-state index is 12.8. The second-order valence-electron chi connectivity index (χ2n) is 8.20. The zero-order valence-electron chi connectivity index (χ0n) is 18.2. The maximum Gasteiger partial charge on any atom is 0.253 e. The van der Waals surface area contributed by atoms with Crippen LogP contribution in [0.4, 0.5) is 5.69 Å². The molecule has 1 saturated heterocycles. The van der Waals surface area contributed by atoms with E-state index in [0.717, 1.165) is 16.7 Å². The summed E-state index contributed by atoms with van der Waals surface area (Å²) in [5.74, 6) is -0.571. The summed E-state index contributed by atoms with van der Waals surface area (Å²) < 4.78 is 26.2. The monoisotopic (exact) mass is 443 g/mol. The molecule has 0 aliphatic carbocycles. The van der Waals surface area contributed by atoms with Gasteiger partial charge in [-0.1, -0.05) is 18.2 Å². The van der Waals surface area contributed by atoms with Gasteiger partial charge in [-0.2, -0.15) is 0 Å². The number of anilines is 1. The van der Waals surface area contributed by atoms with Crippen molar-refractivity contribution in [2.24, 2.45) is 11.7 Å². The Morgan fingerprint density at radius 3 is 2.16 bits per heavy atom. The molecular formula is C23H29N3O4S. The largest absolute Gasteiger partial charge is 0.369 e. The fraction of sp³-hybridized carbons (Fsp3) is 0.391. The number of nitrogens with two attached hydrogens (primary N) is 1. The highest BCUT2D eigenvalue weighted by Gasteiger charge is 2.26. The number of hydrogen-bond donors (Lipinski definition) is 1. The highest BCUT2D eigenvalue weighted by molar-refractivity contribution is 7.92. The molecule has 0 unspecified atom stereocenters. The van der Waals surface area contributed by atoms with E-state index in [9.17, 15) is 18.0 Å². The van der Waals surface area contributed by atoms with Crippen molar-refractivity contribution in [3.05, 3.63) is 64.7 Å². The SMILES string of the molecule is Cc1ccc(N(Cc2ccc(C(=O)N3CCC(C(N)=O)CC3)cc2)S(C)(=O)=O)cc1C. The lowest BCUT2D eigenvalue weighted by Gasteiger charge is -2.30. The number of benzene rings is 2. The number of sulfonamides is 1. The fourth-order valence-electron chi connectivity index (χ4n) is 3.75. The average molecular weight is 444 g/mol. The van der Waals surface area contributed by atoms with Crippen LogP contribution in [-0.2, 0) is 21.4 Å². The minimum absolute atomic E-state index is 0.0939. The summed E-state index contributed by atoms with van der Waals surface area (Å²) in [6, 6.07) is 12.6. The van der Waals surface area contributed by atoms with Gasteiger partial charge in [-0.25, -0.2) is 8.42 Å². The fourth-order valence-corrected chi connectivity index (χ4v) is 4.63. The average Bonchev–Trinajstić information content (AvgIpc) is 2.73. The summed E-state index contributed by atoms with van der Waals surface area (Å²) in [5, 5.41) is 0. The molecule has 0 radical (unpaired) electrons. The van der Waals surface area contributed by atoms with Crippen molar-refractivity contribution < 1.29 is 18.0 Å². The van der Waals surface area contributed by atoms with E-state index in [0.29, 0.717) is 37.2 Å². The number of rotatable bonds is 6. The zero-order chi connectivity index (χ0) is 22.8. The summed E-state index contributed by atoms with van der Waals surface area (Å²) in [4.78, 5) is 25.8. The number of hydrogen-bond acceptors (Lipinski definition) is 4. The second-order valence-corrected chi connectivity index (χ2v) is 10.1. The van der Waals surface area contributed by atoms with Gasteiger partial charge in [-0.3, -0.25) is 13.9 Å². The van der Waals surface area contributed by atoms with Crippen molar-refractivity contribution >= 4 is 27.5 Å². The third-order valence-electron chi connectivity index (χ3n) is 5.89. The van der Waals surface area contributed by atoms with Crippen molar-refractivity contribution in [1.82, 2.24) is 4.90 Å². The summed E-state index contributed by atoms with van der Waals surface area (Å²) >= 11 is 0. The summed E-state index contributed by atoms with van der Waals surface area (Å²) in [7, 11) is -3.48. The Morgan fingerprint density at radius 2 is 1.65 bits per heavy atom. The molecule has 1 aliphatic rings. The molecule has 0 atom stereocenters. The van der Waals surface area contributed by atoms with Crippen LogP contribution in [0.25, 0.3) is 0 Å². The lowest BCUT2D eigenvalue weighted by atomic mass is 9.96. The van der Waals surface area contributed by atoms with Crippen LogP contribution in [0.5, 0.6) is 0 Å². The molecule has 2 N–H and O–H groups in total. The van der Waals surface area contributed by atoms with E-state index in [2.05, 4.69) is 0 Å². The van der Waals surface area contributed by atoms with Crippen molar-refractivity contribution in [3.8, 4) is 0 Å². The first-order valence-corrected chi connectivity index (χ1v) is 12.1. The van der Waals surface area contributed by atoms with E-state index < -0.39 is 10.0 Å². The Labute approximate surface area is 183 Å². The van der Waals surface area contributed by atoms with Gasteiger partial charge < -0.3 is 10.6 Å². The van der Waals surface area contributed by atoms with Crippen LogP contribution in [0.2, 0.25) is 0 Å². The van der Waals surface area contributed by atoms with Gasteiger partial charge >= 0.3 is 0 Å². The molecular weight excluding hydrogens is 414 g/mol. The summed E-state index contributed by atoms with van der Waals surface area (Å²) in [6.07, 6.45) is 2.35. The first kappa shape index (κ1) is 22.8. The molecule has 3 rings (SSSR count). The number of aryl methyl sites for hydroxylation is 2. The second kappa shape index (κ2) is 9.09. The molecule has 166 valence electrons. The normalized spacial score (nSPS) is 15.0. The van der Waals surface area contributed by atoms with Gasteiger partial charge in [0, 0.05) is 24.6 Å². The van der Waals surface area contributed by atoms with E-state index in [1.807, 2.05) is 26.0 Å². The van der Waals surface area contributed by atoms with Gasteiger partial charge in [0.25, 0.3) is 5.91 Å². The van der Waals surface area contributed by atoms with E-state index in [1.54, 1.807) is 35.2 Å². The van der Waals surface area contributed by atoms with Gasteiger partial charge in [0.1, 0.15) is 0 Å². The molecule has 8 heteroatoms. The molecule has 0 saturated carbocycles. The molecule has 1 heterocycles. The Balaban J connectivity index is 1.73. The number of piperidine rings is 1. The van der Waals surface area contributed by atoms with Crippen molar-refractivity contribution in [3.63, 3.8) is 0 Å². The molecule has 1 fully saturated rings. The highest BCUT2D eigenvalue weighted by atomic mass is 32.2. The quantitative estimate of drug-likeness (QED) is 0.741. The Bertz CT molecular complexity index is 1070. The molecule has 0 aromatic heterocycles. The smallest absolute Gasteiger partial charge is 0.253 e. The van der Waals surface area contributed by atoms with Crippen molar-refractivity contribution in [2.45, 2.75) is 33.2 Å².